The average Bonchev–Trinajstić information content (AvgIpc) is 3.26. The van der Waals surface area contributed by atoms with E-state index >= 15 is 0 Å². The van der Waals surface area contributed by atoms with Gasteiger partial charge in [0, 0.05) is 56.9 Å². The number of carbonyl (C=O) groups excluding carboxylic acids is 2. The van der Waals surface area contributed by atoms with Crippen molar-refractivity contribution in [3.8, 4) is 0 Å². The van der Waals surface area contributed by atoms with E-state index in [-0.39, 0.29) is 17.9 Å². The molecule has 0 radical (unpaired) electrons. The largest absolute Gasteiger partial charge is 0.361 e. The van der Waals surface area contributed by atoms with E-state index in [0.717, 1.165) is 41.3 Å². The van der Waals surface area contributed by atoms with Crippen LogP contribution in [-0.4, -0.2) is 64.8 Å². The number of fused-ring (bicyclic) bond motifs is 1. The standard InChI is InChI=1S/C28H31N5O2/c1-4-9-23-19(2)22(18-30-23)26-25(20-10-5-6-11-21(20)27(34)31(26)3)28(35)33-16-14-32(15-17-33)24-12-7-8-13-29-24/h4-13,18,25-26,30H,14-17H2,1-3H3/b9-4-. The number of aromatic amines is 1. The number of allylic oxidation sites excluding steroid dienone is 1. The SMILES string of the molecule is C/C=C\c1[nH]cc(C2C(C(=O)N3CCN(c4ccccn4)CC3)c3ccccc3C(=O)N2C)c1C. The Bertz CT molecular complexity index is 1260. The lowest BCUT2D eigenvalue weighted by atomic mass is 9.78. The van der Waals surface area contributed by atoms with Gasteiger partial charge in [0.15, 0.2) is 0 Å². The summed E-state index contributed by atoms with van der Waals surface area (Å²) in [6.07, 6.45) is 7.75. The number of anilines is 1. The van der Waals surface area contributed by atoms with E-state index in [1.54, 1.807) is 11.1 Å². The number of carbonyl (C=O) groups is 2. The summed E-state index contributed by atoms with van der Waals surface area (Å²) < 4.78 is 0. The number of aromatic nitrogens is 2. The number of pyridine rings is 1. The Hall–Kier alpha value is -3.87. The fourth-order valence-corrected chi connectivity index (χ4v) is 5.40. The van der Waals surface area contributed by atoms with Gasteiger partial charge in [-0.15, -0.1) is 0 Å². The highest BCUT2D eigenvalue weighted by atomic mass is 16.2. The summed E-state index contributed by atoms with van der Waals surface area (Å²) in [7, 11) is 1.81. The molecule has 1 saturated heterocycles. The normalized spacial score (nSPS) is 20.4. The minimum absolute atomic E-state index is 0.0530. The van der Waals surface area contributed by atoms with Gasteiger partial charge in [-0.25, -0.2) is 4.98 Å². The van der Waals surface area contributed by atoms with E-state index < -0.39 is 5.92 Å². The molecule has 35 heavy (non-hydrogen) atoms. The molecule has 2 amide bonds. The van der Waals surface area contributed by atoms with Crippen molar-refractivity contribution in [2.45, 2.75) is 25.8 Å². The molecular formula is C28H31N5O2. The maximum Gasteiger partial charge on any atom is 0.254 e. The summed E-state index contributed by atoms with van der Waals surface area (Å²) in [5.41, 5.74) is 4.46. The number of rotatable bonds is 4. The molecule has 7 heteroatoms. The fourth-order valence-electron chi connectivity index (χ4n) is 5.40. The number of H-pyrrole nitrogens is 1. The summed E-state index contributed by atoms with van der Waals surface area (Å²) in [5, 5.41) is 0. The second-order valence-corrected chi connectivity index (χ2v) is 9.21. The summed E-state index contributed by atoms with van der Waals surface area (Å²) in [6.45, 7) is 6.72. The van der Waals surface area contributed by atoms with Crippen LogP contribution in [0.25, 0.3) is 6.08 Å². The van der Waals surface area contributed by atoms with Crippen LogP contribution < -0.4 is 4.90 Å². The smallest absolute Gasteiger partial charge is 0.254 e. The number of hydrogen-bond donors (Lipinski definition) is 1. The number of amides is 2. The molecule has 2 aliphatic heterocycles. The first kappa shape index (κ1) is 22.9. The summed E-state index contributed by atoms with van der Waals surface area (Å²) in [5.74, 6) is 0.479. The van der Waals surface area contributed by atoms with Gasteiger partial charge in [0.05, 0.1) is 12.0 Å². The van der Waals surface area contributed by atoms with E-state index in [1.165, 1.54) is 0 Å². The molecule has 0 saturated carbocycles. The van der Waals surface area contributed by atoms with Gasteiger partial charge >= 0.3 is 0 Å². The number of nitrogens with one attached hydrogen (secondary N) is 1. The van der Waals surface area contributed by atoms with Gasteiger partial charge in [0.1, 0.15) is 5.82 Å². The highest BCUT2D eigenvalue weighted by Gasteiger charge is 2.45. The molecule has 2 atom stereocenters. The van der Waals surface area contributed by atoms with Crippen LogP contribution in [0.4, 0.5) is 5.82 Å². The van der Waals surface area contributed by atoms with Crippen LogP contribution in [0.1, 0.15) is 51.6 Å². The molecule has 3 aromatic rings. The van der Waals surface area contributed by atoms with Gasteiger partial charge in [-0.2, -0.15) is 0 Å². The van der Waals surface area contributed by atoms with Gasteiger partial charge in [-0.1, -0.05) is 30.3 Å². The van der Waals surface area contributed by atoms with Crippen molar-refractivity contribution in [2.75, 3.05) is 38.1 Å². The third kappa shape index (κ3) is 4.01. The number of hydrogen-bond acceptors (Lipinski definition) is 4. The molecule has 0 bridgehead atoms. The van der Waals surface area contributed by atoms with Crippen molar-refractivity contribution in [2.24, 2.45) is 0 Å². The van der Waals surface area contributed by atoms with Crippen LogP contribution in [0.15, 0.2) is 60.9 Å². The summed E-state index contributed by atoms with van der Waals surface area (Å²) in [6, 6.07) is 13.1. The Morgan fingerprint density at radius 3 is 2.51 bits per heavy atom. The zero-order chi connectivity index (χ0) is 24.5. The molecule has 4 heterocycles. The maximum absolute atomic E-state index is 14.2. The van der Waals surface area contributed by atoms with Gasteiger partial charge in [0.2, 0.25) is 5.91 Å². The summed E-state index contributed by atoms with van der Waals surface area (Å²) in [4.78, 5) is 41.2. The first-order valence-corrected chi connectivity index (χ1v) is 12.1. The molecule has 5 rings (SSSR count). The Morgan fingerprint density at radius 2 is 1.80 bits per heavy atom. The minimum atomic E-state index is -0.469. The Morgan fingerprint density at radius 1 is 1.06 bits per heavy atom. The predicted molar refractivity (Wildman–Crippen MR) is 137 cm³/mol. The Kier molecular flexibility index (Phi) is 6.16. The van der Waals surface area contributed by atoms with E-state index in [9.17, 15) is 9.59 Å². The van der Waals surface area contributed by atoms with Crippen LogP contribution in [0.2, 0.25) is 0 Å². The van der Waals surface area contributed by atoms with Crippen molar-refractivity contribution in [1.82, 2.24) is 19.8 Å². The molecule has 7 nitrogen and oxygen atoms in total. The molecule has 1 N–H and O–H groups in total. The van der Waals surface area contributed by atoms with E-state index in [0.29, 0.717) is 18.7 Å². The molecule has 1 fully saturated rings. The van der Waals surface area contributed by atoms with Crippen molar-refractivity contribution < 1.29 is 9.59 Å². The van der Waals surface area contributed by atoms with Gasteiger partial charge in [0.25, 0.3) is 5.91 Å². The first-order chi connectivity index (χ1) is 17.0. The van der Waals surface area contributed by atoms with Crippen LogP contribution >= 0.6 is 0 Å². The predicted octanol–water partition coefficient (Wildman–Crippen LogP) is 4.01. The zero-order valence-corrected chi connectivity index (χ0v) is 20.4. The molecule has 180 valence electrons. The number of likely N-dealkylation sites (N-methyl/N-ethyl adjacent to an activating group) is 1. The lowest BCUT2D eigenvalue weighted by Crippen LogP contribution is -2.53. The lowest BCUT2D eigenvalue weighted by molar-refractivity contribution is -0.134. The zero-order valence-electron chi connectivity index (χ0n) is 20.4. The number of benzene rings is 1. The van der Waals surface area contributed by atoms with Crippen LogP contribution in [0, 0.1) is 6.92 Å². The molecule has 2 aliphatic rings. The van der Waals surface area contributed by atoms with Gasteiger partial charge in [-0.3, -0.25) is 9.59 Å². The van der Waals surface area contributed by atoms with Crippen LogP contribution in [0.5, 0.6) is 0 Å². The molecular weight excluding hydrogens is 438 g/mol. The van der Waals surface area contributed by atoms with Crippen LogP contribution in [-0.2, 0) is 4.79 Å². The average molecular weight is 470 g/mol. The second kappa shape index (κ2) is 9.41. The van der Waals surface area contributed by atoms with Crippen molar-refractivity contribution in [3.05, 3.63) is 88.9 Å². The maximum atomic E-state index is 14.2. The van der Waals surface area contributed by atoms with Crippen molar-refractivity contribution in [1.29, 1.82) is 0 Å². The third-order valence-electron chi connectivity index (χ3n) is 7.28. The first-order valence-electron chi connectivity index (χ1n) is 12.1. The highest BCUT2D eigenvalue weighted by molar-refractivity contribution is 6.01. The topological polar surface area (TPSA) is 72.5 Å². The van der Waals surface area contributed by atoms with Gasteiger partial charge < -0.3 is 19.7 Å². The molecule has 0 aliphatic carbocycles. The molecule has 0 spiro atoms. The summed E-state index contributed by atoms with van der Waals surface area (Å²) >= 11 is 0. The fraction of sp³-hybridized carbons (Fsp3) is 0.321. The number of nitrogens with zero attached hydrogens (tertiary/aromatic N) is 4. The molecule has 1 aromatic carbocycles. The Labute approximate surface area is 206 Å². The van der Waals surface area contributed by atoms with Crippen molar-refractivity contribution >= 4 is 23.7 Å². The van der Waals surface area contributed by atoms with E-state index in [1.807, 2.05) is 86.6 Å². The minimum Gasteiger partial charge on any atom is -0.361 e. The molecule has 2 aromatic heterocycles. The van der Waals surface area contributed by atoms with Crippen molar-refractivity contribution in [3.63, 3.8) is 0 Å². The van der Waals surface area contributed by atoms with E-state index in [2.05, 4.69) is 14.9 Å². The second-order valence-electron chi connectivity index (χ2n) is 9.21. The molecule has 2 unspecified atom stereocenters. The van der Waals surface area contributed by atoms with E-state index in [4.69, 9.17) is 0 Å². The Balaban J connectivity index is 1.49. The lowest BCUT2D eigenvalue weighted by Gasteiger charge is -2.43. The highest BCUT2D eigenvalue weighted by Crippen LogP contribution is 2.44. The van der Waals surface area contributed by atoms with Crippen LogP contribution in [0.3, 0.4) is 0 Å². The quantitative estimate of drug-likeness (QED) is 0.627. The number of piperazine rings is 1. The third-order valence-corrected chi connectivity index (χ3v) is 7.28. The monoisotopic (exact) mass is 469 g/mol. The van der Waals surface area contributed by atoms with Gasteiger partial charge in [-0.05, 0) is 54.8 Å².